The molecule has 2 heteroatoms. The Labute approximate surface area is 125 Å². The molecule has 1 saturated heterocycles. The smallest absolute Gasteiger partial charge is 0.0685 e. The van der Waals surface area contributed by atoms with Gasteiger partial charge >= 0.3 is 0 Å². The molecule has 3 unspecified atom stereocenters. The summed E-state index contributed by atoms with van der Waals surface area (Å²) in [5, 5.41) is 3.46. The van der Waals surface area contributed by atoms with Crippen molar-refractivity contribution in [2.75, 3.05) is 20.2 Å². The van der Waals surface area contributed by atoms with E-state index < -0.39 is 0 Å². The zero-order valence-corrected chi connectivity index (χ0v) is 13.3. The summed E-state index contributed by atoms with van der Waals surface area (Å²) >= 11 is 0. The summed E-state index contributed by atoms with van der Waals surface area (Å²) in [4.78, 5) is 0. The SMILES string of the molecule is CNCC1CCCCCC1C1CCOC2(CCCC2)C1. The Morgan fingerprint density at radius 3 is 2.60 bits per heavy atom. The average molecular weight is 279 g/mol. The van der Waals surface area contributed by atoms with Crippen LogP contribution in [-0.2, 0) is 4.74 Å². The van der Waals surface area contributed by atoms with E-state index in [0.29, 0.717) is 5.60 Å². The van der Waals surface area contributed by atoms with Gasteiger partial charge in [-0.2, -0.15) is 0 Å². The molecule has 2 aliphatic carbocycles. The Balaban J connectivity index is 1.68. The Kier molecular flexibility index (Phi) is 5.04. The molecule has 0 bridgehead atoms. The zero-order chi connectivity index (χ0) is 13.8. The van der Waals surface area contributed by atoms with E-state index in [0.717, 1.165) is 24.4 Å². The predicted octanol–water partition coefficient (Wildman–Crippen LogP) is 4.14. The maximum Gasteiger partial charge on any atom is 0.0685 e. The molecule has 20 heavy (non-hydrogen) atoms. The van der Waals surface area contributed by atoms with Crippen LogP contribution in [0.1, 0.15) is 70.6 Å². The fraction of sp³-hybridized carbons (Fsp3) is 1.00. The molecule has 0 aromatic carbocycles. The maximum absolute atomic E-state index is 6.26. The Morgan fingerprint density at radius 1 is 1.00 bits per heavy atom. The molecule has 1 heterocycles. The van der Waals surface area contributed by atoms with Gasteiger partial charge < -0.3 is 10.1 Å². The van der Waals surface area contributed by atoms with E-state index in [1.165, 1.54) is 77.2 Å². The van der Waals surface area contributed by atoms with Crippen LogP contribution in [0.15, 0.2) is 0 Å². The van der Waals surface area contributed by atoms with E-state index >= 15 is 0 Å². The van der Waals surface area contributed by atoms with Gasteiger partial charge in [0.25, 0.3) is 0 Å². The van der Waals surface area contributed by atoms with Crippen LogP contribution < -0.4 is 5.32 Å². The first kappa shape index (κ1) is 14.8. The molecule has 3 fully saturated rings. The first-order valence-electron chi connectivity index (χ1n) is 9.11. The lowest BCUT2D eigenvalue weighted by molar-refractivity contribution is -0.106. The van der Waals surface area contributed by atoms with Crippen molar-refractivity contribution in [3.63, 3.8) is 0 Å². The van der Waals surface area contributed by atoms with Crippen molar-refractivity contribution in [1.82, 2.24) is 5.32 Å². The molecular formula is C18H33NO. The number of hydrogen-bond acceptors (Lipinski definition) is 2. The molecule has 2 saturated carbocycles. The number of ether oxygens (including phenoxy) is 1. The molecule has 3 atom stereocenters. The van der Waals surface area contributed by atoms with Crippen LogP contribution in [-0.4, -0.2) is 25.8 Å². The van der Waals surface area contributed by atoms with Crippen LogP contribution in [0.3, 0.4) is 0 Å². The molecule has 0 aromatic rings. The Bertz CT molecular complexity index is 298. The molecule has 0 aromatic heterocycles. The molecule has 3 rings (SSSR count). The molecule has 0 radical (unpaired) electrons. The van der Waals surface area contributed by atoms with E-state index in [-0.39, 0.29) is 0 Å². The van der Waals surface area contributed by atoms with E-state index in [1.807, 2.05) is 0 Å². The highest BCUT2D eigenvalue weighted by atomic mass is 16.5. The van der Waals surface area contributed by atoms with Crippen molar-refractivity contribution in [1.29, 1.82) is 0 Å². The third kappa shape index (κ3) is 3.22. The van der Waals surface area contributed by atoms with Crippen molar-refractivity contribution in [3.8, 4) is 0 Å². The van der Waals surface area contributed by atoms with Crippen LogP contribution in [0, 0.1) is 17.8 Å². The quantitative estimate of drug-likeness (QED) is 0.784. The number of rotatable bonds is 3. The van der Waals surface area contributed by atoms with Crippen LogP contribution in [0.5, 0.6) is 0 Å². The van der Waals surface area contributed by atoms with Crippen molar-refractivity contribution in [3.05, 3.63) is 0 Å². The second-order valence-corrected chi connectivity index (χ2v) is 7.61. The number of nitrogens with one attached hydrogen (secondary N) is 1. The minimum atomic E-state index is 0.305. The third-order valence-electron chi connectivity index (χ3n) is 6.34. The molecule has 1 spiro atoms. The fourth-order valence-electron chi connectivity index (χ4n) is 5.35. The summed E-state index contributed by atoms with van der Waals surface area (Å²) in [6.45, 7) is 2.27. The molecule has 0 amide bonds. The lowest BCUT2D eigenvalue weighted by Crippen LogP contribution is -2.42. The minimum absolute atomic E-state index is 0.305. The van der Waals surface area contributed by atoms with Gasteiger partial charge in [-0.3, -0.25) is 0 Å². The average Bonchev–Trinajstić information content (AvgIpc) is 2.77. The van der Waals surface area contributed by atoms with E-state index in [9.17, 15) is 0 Å². The van der Waals surface area contributed by atoms with E-state index in [1.54, 1.807) is 0 Å². The largest absolute Gasteiger partial charge is 0.375 e. The molecule has 116 valence electrons. The van der Waals surface area contributed by atoms with Gasteiger partial charge in [-0.05, 0) is 69.9 Å². The van der Waals surface area contributed by atoms with Crippen LogP contribution >= 0.6 is 0 Å². The summed E-state index contributed by atoms with van der Waals surface area (Å²) in [6, 6.07) is 0. The zero-order valence-electron chi connectivity index (χ0n) is 13.3. The second kappa shape index (κ2) is 6.79. The minimum Gasteiger partial charge on any atom is -0.375 e. The summed E-state index contributed by atoms with van der Waals surface area (Å²) < 4.78 is 6.26. The normalized spacial score (nSPS) is 38.0. The van der Waals surface area contributed by atoms with Gasteiger partial charge in [-0.1, -0.05) is 32.1 Å². The Morgan fingerprint density at radius 2 is 1.80 bits per heavy atom. The molecule has 1 N–H and O–H groups in total. The highest BCUT2D eigenvalue weighted by molar-refractivity contribution is 4.94. The summed E-state index contributed by atoms with van der Waals surface area (Å²) in [7, 11) is 2.13. The van der Waals surface area contributed by atoms with Crippen LogP contribution in [0.4, 0.5) is 0 Å². The van der Waals surface area contributed by atoms with Crippen molar-refractivity contribution >= 4 is 0 Å². The first-order valence-corrected chi connectivity index (χ1v) is 9.11. The maximum atomic E-state index is 6.26. The van der Waals surface area contributed by atoms with Gasteiger partial charge in [0.15, 0.2) is 0 Å². The fourth-order valence-corrected chi connectivity index (χ4v) is 5.35. The molecule has 1 aliphatic heterocycles. The first-order chi connectivity index (χ1) is 9.83. The van der Waals surface area contributed by atoms with Gasteiger partial charge in [0, 0.05) is 6.61 Å². The van der Waals surface area contributed by atoms with Gasteiger partial charge in [0.2, 0.25) is 0 Å². The lowest BCUT2D eigenvalue weighted by atomic mass is 9.71. The van der Waals surface area contributed by atoms with Gasteiger partial charge in [-0.15, -0.1) is 0 Å². The predicted molar refractivity (Wildman–Crippen MR) is 83.9 cm³/mol. The Hall–Kier alpha value is -0.0800. The summed E-state index contributed by atoms with van der Waals surface area (Å²) in [5.41, 5.74) is 0.305. The second-order valence-electron chi connectivity index (χ2n) is 7.61. The highest BCUT2D eigenvalue weighted by Crippen LogP contribution is 2.47. The topological polar surface area (TPSA) is 21.3 Å². The van der Waals surface area contributed by atoms with Crippen LogP contribution in [0.2, 0.25) is 0 Å². The van der Waals surface area contributed by atoms with Gasteiger partial charge in [0.1, 0.15) is 0 Å². The van der Waals surface area contributed by atoms with Crippen LogP contribution in [0.25, 0.3) is 0 Å². The lowest BCUT2D eigenvalue weighted by Gasteiger charge is -2.43. The van der Waals surface area contributed by atoms with Crippen molar-refractivity contribution in [2.45, 2.75) is 76.2 Å². The standard InChI is InChI=1S/C18H33NO/c1-19-14-16-7-3-2-4-8-17(16)15-9-12-20-18(13-15)10-5-6-11-18/h15-17,19H,2-14H2,1H3. The van der Waals surface area contributed by atoms with Gasteiger partial charge in [0.05, 0.1) is 5.60 Å². The van der Waals surface area contributed by atoms with Gasteiger partial charge in [-0.25, -0.2) is 0 Å². The van der Waals surface area contributed by atoms with Crippen molar-refractivity contribution < 1.29 is 4.74 Å². The number of hydrogen-bond donors (Lipinski definition) is 1. The molecule has 3 aliphatic rings. The third-order valence-corrected chi connectivity index (χ3v) is 6.34. The highest BCUT2D eigenvalue weighted by Gasteiger charge is 2.43. The summed E-state index contributed by atoms with van der Waals surface area (Å²) in [5.74, 6) is 2.83. The monoisotopic (exact) mass is 279 g/mol. The van der Waals surface area contributed by atoms with E-state index in [4.69, 9.17) is 4.74 Å². The summed E-state index contributed by atoms with van der Waals surface area (Å²) in [6.07, 6.45) is 15.5. The van der Waals surface area contributed by atoms with E-state index in [2.05, 4.69) is 12.4 Å². The molecular weight excluding hydrogens is 246 g/mol. The van der Waals surface area contributed by atoms with Crippen molar-refractivity contribution in [2.24, 2.45) is 17.8 Å². The molecule has 2 nitrogen and oxygen atoms in total.